The van der Waals surface area contributed by atoms with Crippen LogP contribution in [0.2, 0.25) is 5.02 Å². The standard InChI is InChI=1S/C18H20ClN3O8S/c19-14-4-3-13(22(26)27)10-15(14)31(28,29)20-8-5-12(6-9-20)18(25)30-11-17(24)21-7-1-2-16(21)23/h3-4,10,12H,1-2,5-9,11H2. The average molecular weight is 474 g/mol. The number of carbonyl (C=O) groups excluding carboxylic acids is 3. The monoisotopic (exact) mass is 473 g/mol. The predicted octanol–water partition coefficient (Wildman–Crippen LogP) is 1.34. The van der Waals surface area contributed by atoms with Crippen LogP contribution in [0.5, 0.6) is 0 Å². The molecule has 2 aliphatic heterocycles. The first-order valence-corrected chi connectivity index (χ1v) is 11.4. The number of nitrogens with zero attached hydrogens (tertiary/aromatic N) is 3. The summed E-state index contributed by atoms with van der Waals surface area (Å²) in [5, 5.41) is 10.8. The topological polar surface area (TPSA) is 144 Å². The number of nitro benzene ring substituents is 1. The first-order chi connectivity index (χ1) is 14.6. The molecule has 1 aromatic carbocycles. The maximum absolute atomic E-state index is 12.9. The van der Waals surface area contributed by atoms with Crippen LogP contribution in [0.25, 0.3) is 0 Å². The van der Waals surface area contributed by atoms with Gasteiger partial charge in [-0.05, 0) is 25.3 Å². The Morgan fingerprint density at radius 1 is 1.23 bits per heavy atom. The highest BCUT2D eigenvalue weighted by Crippen LogP contribution is 2.31. The molecule has 13 heteroatoms. The van der Waals surface area contributed by atoms with E-state index in [1.54, 1.807) is 0 Å². The van der Waals surface area contributed by atoms with Crippen LogP contribution in [0, 0.1) is 16.0 Å². The summed E-state index contributed by atoms with van der Waals surface area (Å²) in [7, 11) is -4.09. The number of carbonyl (C=O) groups is 3. The Balaban J connectivity index is 1.58. The summed E-state index contributed by atoms with van der Waals surface area (Å²) < 4.78 is 31.9. The Morgan fingerprint density at radius 2 is 1.90 bits per heavy atom. The van der Waals surface area contributed by atoms with Crippen molar-refractivity contribution in [3.63, 3.8) is 0 Å². The van der Waals surface area contributed by atoms with Crippen molar-refractivity contribution in [3.05, 3.63) is 33.3 Å². The first kappa shape index (κ1) is 23.1. The number of amides is 2. The van der Waals surface area contributed by atoms with E-state index >= 15 is 0 Å². The smallest absolute Gasteiger partial charge is 0.309 e. The molecule has 0 N–H and O–H groups in total. The van der Waals surface area contributed by atoms with Crippen molar-refractivity contribution in [2.45, 2.75) is 30.6 Å². The van der Waals surface area contributed by atoms with Crippen molar-refractivity contribution in [1.29, 1.82) is 0 Å². The molecule has 0 unspecified atom stereocenters. The van der Waals surface area contributed by atoms with E-state index in [2.05, 4.69) is 0 Å². The second-order valence-electron chi connectivity index (χ2n) is 7.20. The van der Waals surface area contributed by atoms with Crippen LogP contribution in [0.3, 0.4) is 0 Å². The molecule has 0 bridgehead atoms. The quantitative estimate of drug-likeness (QED) is 0.342. The molecule has 2 heterocycles. The molecule has 0 atom stereocenters. The Labute approximate surface area is 183 Å². The van der Waals surface area contributed by atoms with Crippen LogP contribution >= 0.6 is 11.6 Å². The highest BCUT2D eigenvalue weighted by Gasteiger charge is 2.35. The van der Waals surface area contributed by atoms with Crippen LogP contribution in [-0.2, 0) is 29.1 Å². The number of sulfonamides is 1. The highest BCUT2D eigenvalue weighted by molar-refractivity contribution is 7.89. The van der Waals surface area contributed by atoms with Gasteiger partial charge in [0.15, 0.2) is 6.61 Å². The largest absolute Gasteiger partial charge is 0.455 e. The minimum absolute atomic E-state index is 0.0142. The first-order valence-electron chi connectivity index (χ1n) is 9.55. The number of esters is 1. The number of ether oxygens (including phenoxy) is 1. The van der Waals surface area contributed by atoms with Gasteiger partial charge in [0.2, 0.25) is 15.9 Å². The fourth-order valence-corrected chi connectivity index (χ4v) is 5.48. The van der Waals surface area contributed by atoms with Gasteiger partial charge in [0, 0.05) is 38.2 Å². The number of piperidine rings is 1. The third-order valence-electron chi connectivity index (χ3n) is 5.24. The molecule has 168 valence electrons. The second-order valence-corrected chi connectivity index (χ2v) is 9.51. The Morgan fingerprint density at radius 3 is 2.48 bits per heavy atom. The van der Waals surface area contributed by atoms with Gasteiger partial charge in [-0.1, -0.05) is 11.6 Å². The fourth-order valence-electron chi connectivity index (χ4n) is 3.51. The Bertz CT molecular complexity index is 1020. The zero-order valence-corrected chi connectivity index (χ0v) is 17.9. The molecule has 0 saturated carbocycles. The molecule has 31 heavy (non-hydrogen) atoms. The fraction of sp³-hybridized carbons (Fsp3) is 0.500. The minimum atomic E-state index is -4.09. The third kappa shape index (κ3) is 5.02. The molecule has 0 aromatic heterocycles. The van der Waals surface area contributed by atoms with Gasteiger partial charge >= 0.3 is 5.97 Å². The van der Waals surface area contributed by atoms with E-state index < -0.39 is 45.0 Å². The summed E-state index contributed by atoms with van der Waals surface area (Å²) in [4.78, 5) is 46.7. The van der Waals surface area contributed by atoms with Gasteiger partial charge < -0.3 is 4.74 Å². The summed E-state index contributed by atoms with van der Waals surface area (Å²) in [5.74, 6) is -2.10. The Kier molecular flexibility index (Phi) is 6.92. The molecular weight excluding hydrogens is 454 g/mol. The van der Waals surface area contributed by atoms with E-state index in [0.29, 0.717) is 19.4 Å². The third-order valence-corrected chi connectivity index (χ3v) is 7.62. The molecule has 2 saturated heterocycles. The lowest BCUT2D eigenvalue weighted by Gasteiger charge is -2.30. The van der Waals surface area contributed by atoms with Gasteiger partial charge in [0.25, 0.3) is 11.6 Å². The van der Waals surface area contributed by atoms with Crippen LogP contribution in [-0.4, -0.2) is 66.6 Å². The summed E-state index contributed by atoms with van der Waals surface area (Å²) >= 11 is 5.96. The molecule has 0 aliphatic carbocycles. The summed E-state index contributed by atoms with van der Waals surface area (Å²) in [5.41, 5.74) is -0.400. The van der Waals surface area contributed by atoms with E-state index in [4.69, 9.17) is 16.3 Å². The van der Waals surface area contributed by atoms with Gasteiger partial charge in [-0.25, -0.2) is 8.42 Å². The number of imide groups is 1. The molecule has 0 radical (unpaired) electrons. The van der Waals surface area contributed by atoms with Crippen LogP contribution in [0.15, 0.2) is 23.1 Å². The van der Waals surface area contributed by atoms with Gasteiger partial charge in [-0.2, -0.15) is 4.31 Å². The summed E-state index contributed by atoms with van der Waals surface area (Å²) in [6, 6.07) is 3.17. The number of rotatable bonds is 6. The molecule has 2 aliphatic rings. The molecule has 3 rings (SSSR count). The van der Waals surface area contributed by atoms with Crippen molar-refractivity contribution in [1.82, 2.24) is 9.21 Å². The SMILES string of the molecule is O=C(OCC(=O)N1CCCC1=O)C1CCN(S(=O)(=O)c2cc([N+](=O)[O-])ccc2Cl)CC1. The lowest BCUT2D eigenvalue weighted by molar-refractivity contribution is -0.385. The molecule has 2 amide bonds. The zero-order valence-electron chi connectivity index (χ0n) is 16.4. The number of non-ortho nitro benzene ring substituents is 1. The highest BCUT2D eigenvalue weighted by atomic mass is 35.5. The number of benzene rings is 1. The van der Waals surface area contributed by atoms with Crippen molar-refractivity contribution in [3.8, 4) is 0 Å². The van der Waals surface area contributed by atoms with E-state index in [0.717, 1.165) is 27.4 Å². The Hall–Kier alpha value is -2.57. The molecule has 2 fully saturated rings. The average Bonchev–Trinajstić information content (AvgIpc) is 3.17. The second kappa shape index (κ2) is 9.28. The number of halogens is 1. The van der Waals surface area contributed by atoms with Gasteiger partial charge in [-0.15, -0.1) is 0 Å². The number of hydrogen-bond acceptors (Lipinski definition) is 8. The number of hydrogen-bond donors (Lipinski definition) is 0. The minimum Gasteiger partial charge on any atom is -0.455 e. The number of nitro groups is 1. The summed E-state index contributed by atoms with van der Waals surface area (Å²) in [6.07, 6.45) is 1.18. The van der Waals surface area contributed by atoms with Crippen LogP contribution < -0.4 is 0 Å². The van der Waals surface area contributed by atoms with Crippen molar-refractivity contribution in [2.24, 2.45) is 5.92 Å². The molecule has 11 nitrogen and oxygen atoms in total. The normalized spacial score (nSPS) is 18.2. The van der Waals surface area contributed by atoms with Crippen LogP contribution in [0.4, 0.5) is 5.69 Å². The lowest BCUT2D eigenvalue weighted by atomic mass is 9.98. The molecule has 0 spiro atoms. The van der Waals surface area contributed by atoms with E-state index in [1.165, 1.54) is 0 Å². The van der Waals surface area contributed by atoms with Gasteiger partial charge in [0.05, 0.1) is 15.9 Å². The number of likely N-dealkylation sites (tertiary alicyclic amines) is 1. The van der Waals surface area contributed by atoms with Crippen LogP contribution in [0.1, 0.15) is 25.7 Å². The van der Waals surface area contributed by atoms with Crippen molar-refractivity contribution in [2.75, 3.05) is 26.2 Å². The molecular formula is C18H20ClN3O8S. The predicted molar refractivity (Wildman–Crippen MR) is 107 cm³/mol. The van der Waals surface area contributed by atoms with Gasteiger partial charge in [0.1, 0.15) is 4.90 Å². The van der Waals surface area contributed by atoms with Gasteiger partial charge in [-0.3, -0.25) is 29.4 Å². The van der Waals surface area contributed by atoms with E-state index in [-0.39, 0.29) is 41.8 Å². The zero-order chi connectivity index (χ0) is 22.8. The lowest BCUT2D eigenvalue weighted by Crippen LogP contribution is -2.41. The summed E-state index contributed by atoms with van der Waals surface area (Å²) in [6.45, 7) is -0.253. The van der Waals surface area contributed by atoms with E-state index in [9.17, 15) is 32.9 Å². The van der Waals surface area contributed by atoms with Crippen molar-refractivity contribution >= 4 is 45.1 Å². The van der Waals surface area contributed by atoms with Crippen molar-refractivity contribution < 1.29 is 32.5 Å². The maximum atomic E-state index is 12.9. The maximum Gasteiger partial charge on any atom is 0.309 e. The van der Waals surface area contributed by atoms with E-state index in [1.807, 2.05) is 0 Å². The molecule has 1 aromatic rings.